The van der Waals surface area contributed by atoms with Crippen LogP contribution in [0.25, 0.3) is 0 Å². The zero-order valence-electron chi connectivity index (χ0n) is 10.4. The van der Waals surface area contributed by atoms with Gasteiger partial charge in [0.15, 0.2) is 11.5 Å². The molecule has 1 aliphatic carbocycles. The average Bonchev–Trinajstić information content (AvgIpc) is 2.39. The Kier molecular flexibility index (Phi) is 3.57. The van der Waals surface area contributed by atoms with Crippen molar-refractivity contribution in [1.29, 1.82) is 0 Å². The lowest BCUT2D eigenvalue weighted by molar-refractivity contribution is 0.283. The third-order valence-corrected chi connectivity index (χ3v) is 3.97. The predicted molar refractivity (Wildman–Crippen MR) is 68.5 cm³/mol. The first-order chi connectivity index (χ1) is 8.23. The molecule has 1 aromatic rings. The topological polar surface area (TPSA) is 55.5 Å². The fourth-order valence-corrected chi connectivity index (χ4v) is 2.97. The van der Waals surface area contributed by atoms with Gasteiger partial charge in [0.25, 0.3) is 0 Å². The molecule has 0 aromatic heterocycles. The molecule has 0 saturated heterocycles. The molecule has 3 N–H and O–H groups in total. The molecule has 2 rings (SSSR count). The van der Waals surface area contributed by atoms with Crippen LogP contribution in [0.1, 0.15) is 37.7 Å². The number of para-hydroxylation sites is 1. The Hall–Kier alpha value is -1.22. The lowest BCUT2D eigenvalue weighted by atomic mass is 9.69. The maximum Gasteiger partial charge on any atom is 0.164 e. The largest absolute Gasteiger partial charge is 0.504 e. The number of nitrogens with two attached hydrogens (primary N) is 1. The Morgan fingerprint density at radius 2 is 2.00 bits per heavy atom. The maximum absolute atomic E-state index is 9.87. The second kappa shape index (κ2) is 4.96. The number of methoxy groups -OCH3 is 1. The van der Waals surface area contributed by atoms with E-state index in [0.29, 0.717) is 12.3 Å². The smallest absolute Gasteiger partial charge is 0.164 e. The Bertz CT molecular complexity index is 384. The third-order valence-electron chi connectivity index (χ3n) is 3.97. The predicted octanol–water partition coefficient (Wildman–Crippen LogP) is 2.56. The first kappa shape index (κ1) is 12.2. The van der Waals surface area contributed by atoms with Crippen LogP contribution in [0.4, 0.5) is 0 Å². The summed E-state index contributed by atoms with van der Waals surface area (Å²) in [6.07, 6.45) is 5.86. The maximum atomic E-state index is 9.87. The minimum atomic E-state index is -0.0116. The molecule has 1 saturated carbocycles. The van der Waals surface area contributed by atoms with Gasteiger partial charge in [-0.2, -0.15) is 0 Å². The van der Waals surface area contributed by atoms with E-state index in [1.165, 1.54) is 19.3 Å². The molecular weight excluding hydrogens is 214 g/mol. The summed E-state index contributed by atoms with van der Waals surface area (Å²) in [5.41, 5.74) is 7.07. The molecule has 0 aliphatic heterocycles. The van der Waals surface area contributed by atoms with E-state index in [2.05, 4.69) is 0 Å². The van der Waals surface area contributed by atoms with Gasteiger partial charge in [-0.25, -0.2) is 0 Å². The molecule has 3 heteroatoms. The minimum Gasteiger partial charge on any atom is -0.504 e. The molecular formula is C14H21NO2. The summed E-state index contributed by atoms with van der Waals surface area (Å²) in [6, 6.07) is 5.57. The molecule has 0 atom stereocenters. The monoisotopic (exact) mass is 235 g/mol. The normalized spacial score (nSPS) is 18.9. The highest BCUT2D eigenvalue weighted by molar-refractivity contribution is 5.49. The van der Waals surface area contributed by atoms with Crippen molar-refractivity contribution in [2.45, 2.75) is 37.5 Å². The Labute approximate surface area is 103 Å². The lowest BCUT2D eigenvalue weighted by Crippen LogP contribution is -2.37. The summed E-state index contributed by atoms with van der Waals surface area (Å²) in [4.78, 5) is 0. The van der Waals surface area contributed by atoms with Gasteiger partial charge < -0.3 is 15.6 Å². The Morgan fingerprint density at radius 1 is 1.29 bits per heavy atom. The first-order valence-electron chi connectivity index (χ1n) is 6.30. The Morgan fingerprint density at radius 3 is 2.59 bits per heavy atom. The minimum absolute atomic E-state index is 0.0116. The zero-order chi connectivity index (χ0) is 12.3. The standard InChI is InChI=1S/C14H21NO2/c1-17-13-11(6-5-7-12(13)16)14(10-15)8-3-2-4-9-14/h5-7,16H,2-4,8-10,15H2,1H3. The van der Waals surface area contributed by atoms with E-state index >= 15 is 0 Å². The van der Waals surface area contributed by atoms with Crippen LogP contribution in [0.2, 0.25) is 0 Å². The molecule has 0 heterocycles. The summed E-state index contributed by atoms with van der Waals surface area (Å²) in [5.74, 6) is 0.809. The quantitative estimate of drug-likeness (QED) is 0.846. The highest BCUT2D eigenvalue weighted by Gasteiger charge is 2.35. The van der Waals surface area contributed by atoms with Crippen LogP contribution in [-0.2, 0) is 5.41 Å². The van der Waals surface area contributed by atoms with Crippen molar-refractivity contribution < 1.29 is 9.84 Å². The molecule has 0 radical (unpaired) electrons. The molecule has 0 unspecified atom stereocenters. The number of ether oxygens (including phenoxy) is 1. The van der Waals surface area contributed by atoms with E-state index in [1.807, 2.05) is 12.1 Å². The second-order valence-electron chi connectivity index (χ2n) is 4.90. The second-order valence-corrected chi connectivity index (χ2v) is 4.90. The van der Waals surface area contributed by atoms with Gasteiger partial charge in [0.2, 0.25) is 0 Å². The number of phenolic OH excluding ortho intramolecular Hbond substituents is 1. The number of hydrogen-bond acceptors (Lipinski definition) is 3. The number of hydrogen-bond donors (Lipinski definition) is 2. The van der Waals surface area contributed by atoms with Crippen LogP contribution in [0.3, 0.4) is 0 Å². The van der Waals surface area contributed by atoms with Crippen LogP contribution < -0.4 is 10.5 Å². The van der Waals surface area contributed by atoms with Crippen LogP contribution in [0, 0.1) is 0 Å². The van der Waals surface area contributed by atoms with E-state index in [9.17, 15) is 5.11 Å². The molecule has 3 nitrogen and oxygen atoms in total. The molecule has 0 bridgehead atoms. The van der Waals surface area contributed by atoms with E-state index in [0.717, 1.165) is 18.4 Å². The fourth-order valence-electron chi connectivity index (χ4n) is 2.97. The van der Waals surface area contributed by atoms with Crippen LogP contribution in [-0.4, -0.2) is 18.8 Å². The lowest BCUT2D eigenvalue weighted by Gasteiger charge is -2.37. The van der Waals surface area contributed by atoms with Gasteiger partial charge in [-0.3, -0.25) is 0 Å². The van der Waals surface area contributed by atoms with Crippen molar-refractivity contribution >= 4 is 0 Å². The average molecular weight is 235 g/mol. The van der Waals surface area contributed by atoms with E-state index < -0.39 is 0 Å². The molecule has 1 aromatic carbocycles. The van der Waals surface area contributed by atoms with Crippen LogP contribution >= 0.6 is 0 Å². The van der Waals surface area contributed by atoms with Crippen molar-refractivity contribution in [2.75, 3.05) is 13.7 Å². The molecule has 0 amide bonds. The molecule has 17 heavy (non-hydrogen) atoms. The van der Waals surface area contributed by atoms with Gasteiger partial charge in [0, 0.05) is 17.5 Å². The van der Waals surface area contributed by atoms with E-state index in [1.54, 1.807) is 13.2 Å². The van der Waals surface area contributed by atoms with Crippen molar-refractivity contribution in [3.05, 3.63) is 23.8 Å². The van der Waals surface area contributed by atoms with Gasteiger partial charge in [0.05, 0.1) is 7.11 Å². The van der Waals surface area contributed by atoms with E-state index in [4.69, 9.17) is 10.5 Å². The van der Waals surface area contributed by atoms with E-state index in [-0.39, 0.29) is 11.2 Å². The highest BCUT2D eigenvalue weighted by atomic mass is 16.5. The number of phenols is 1. The van der Waals surface area contributed by atoms with Gasteiger partial charge >= 0.3 is 0 Å². The number of aromatic hydroxyl groups is 1. The van der Waals surface area contributed by atoms with Gasteiger partial charge in [-0.1, -0.05) is 31.4 Å². The van der Waals surface area contributed by atoms with Crippen molar-refractivity contribution in [3.63, 3.8) is 0 Å². The summed E-state index contributed by atoms with van der Waals surface area (Å²) in [7, 11) is 1.60. The molecule has 0 spiro atoms. The summed E-state index contributed by atoms with van der Waals surface area (Å²) in [6.45, 7) is 0.618. The number of rotatable bonds is 3. The van der Waals surface area contributed by atoms with Gasteiger partial charge in [-0.15, -0.1) is 0 Å². The van der Waals surface area contributed by atoms with Crippen molar-refractivity contribution in [3.8, 4) is 11.5 Å². The summed E-state index contributed by atoms with van der Waals surface area (Å²) >= 11 is 0. The summed E-state index contributed by atoms with van der Waals surface area (Å²) < 4.78 is 5.35. The van der Waals surface area contributed by atoms with Crippen molar-refractivity contribution in [1.82, 2.24) is 0 Å². The Balaban J connectivity index is 2.46. The zero-order valence-corrected chi connectivity index (χ0v) is 10.4. The van der Waals surface area contributed by atoms with Gasteiger partial charge in [-0.05, 0) is 18.9 Å². The summed E-state index contributed by atoms with van der Waals surface area (Å²) in [5, 5.41) is 9.87. The molecule has 1 fully saturated rings. The third kappa shape index (κ3) is 2.12. The first-order valence-corrected chi connectivity index (χ1v) is 6.30. The van der Waals surface area contributed by atoms with Crippen LogP contribution in [0.15, 0.2) is 18.2 Å². The number of benzene rings is 1. The highest BCUT2D eigenvalue weighted by Crippen LogP contribution is 2.45. The SMILES string of the molecule is COc1c(O)cccc1C1(CN)CCCCC1. The van der Waals surface area contributed by atoms with Gasteiger partial charge in [0.1, 0.15) is 0 Å². The van der Waals surface area contributed by atoms with Crippen molar-refractivity contribution in [2.24, 2.45) is 5.73 Å². The molecule has 94 valence electrons. The molecule has 1 aliphatic rings. The fraction of sp³-hybridized carbons (Fsp3) is 0.571. The van der Waals surface area contributed by atoms with Crippen LogP contribution in [0.5, 0.6) is 11.5 Å².